The smallest absolute Gasteiger partial charge is 0.191 e. The number of nitrogens with one attached hydrogen (secondary N) is 2. The van der Waals surface area contributed by atoms with Gasteiger partial charge in [0.25, 0.3) is 0 Å². The first-order chi connectivity index (χ1) is 9.78. The van der Waals surface area contributed by atoms with Gasteiger partial charge in [-0.05, 0) is 19.8 Å². The number of ether oxygens (including phenoxy) is 2. The molecule has 2 rings (SSSR count). The predicted octanol–water partition coefficient (Wildman–Crippen LogP) is 2.07. The number of guanidine groups is 1. The number of halogens is 1. The number of nitrogens with zero attached hydrogens (tertiary/aromatic N) is 1. The van der Waals surface area contributed by atoms with Gasteiger partial charge in [-0.15, -0.1) is 24.0 Å². The monoisotopic (exact) mass is 409 g/mol. The lowest BCUT2D eigenvalue weighted by Crippen LogP contribution is -2.45. The zero-order valence-electron chi connectivity index (χ0n) is 13.1. The van der Waals surface area contributed by atoms with Crippen molar-refractivity contribution in [3.63, 3.8) is 0 Å². The Bertz CT molecular complexity index is 347. The molecule has 0 radical (unpaired) electrons. The van der Waals surface area contributed by atoms with Gasteiger partial charge in [-0.25, -0.2) is 0 Å². The second-order valence-electron chi connectivity index (χ2n) is 5.48. The fraction of sp³-hybridized carbons (Fsp3) is 0.800. The van der Waals surface area contributed by atoms with E-state index in [1.54, 1.807) is 7.11 Å². The van der Waals surface area contributed by atoms with E-state index < -0.39 is 0 Å². The van der Waals surface area contributed by atoms with Gasteiger partial charge >= 0.3 is 0 Å². The van der Waals surface area contributed by atoms with Crippen LogP contribution in [-0.2, 0) is 9.47 Å². The molecule has 0 bridgehead atoms. The molecule has 5 nitrogen and oxygen atoms in total. The van der Waals surface area contributed by atoms with Crippen molar-refractivity contribution in [3.05, 3.63) is 12.2 Å². The minimum atomic E-state index is -0.158. The van der Waals surface area contributed by atoms with E-state index in [0.717, 1.165) is 51.4 Å². The average Bonchev–Trinajstić information content (AvgIpc) is 2.99. The Labute approximate surface area is 145 Å². The normalized spacial score (nSPS) is 21.9. The molecule has 1 fully saturated rings. The van der Waals surface area contributed by atoms with E-state index in [4.69, 9.17) is 14.5 Å². The SMILES string of the molecule is CCNC(=NCC1(OC)CCOCC1)NC1CC=CC1.I. The first-order valence-corrected chi connectivity index (χ1v) is 7.61. The van der Waals surface area contributed by atoms with Crippen LogP contribution >= 0.6 is 24.0 Å². The molecule has 2 N–H and O–H groups in total. The average molecular weight is 409 g/mol. The summed E-state index contributed by atoms with van der Waals surface area (Å²) in [6, 6.07) is 0.473. The van der Waals surface area contributed by atoms with Crippen LogP contribution in [0.25, 0.3) is 0 Å². The summed E-state index contributed by atoms with van der Waals surface area (Å²) in [6.07, 6.45) is 8.42. The third-order valence-corrected chi connectivity index (χ3v) is 4.06. The van der Waals surface area contributed by atoms with E-state index in [9.17, 15) is 0 Å². The third kappa shape index (κ3) is 5.75. The van der Waals surface area contributed by atoms with Crippen molar-refractivity contribution in [2.75, 3.05) is 33.4 Å². The zero-order chi connectivity index (χ0) is 14.3. The highest BCUT2D eigenvalue weighted by Gasteiger charge is 2.32. The van der Waals surface area contributed by atoms with E-state index in [1.165, 1.54) is 0 Å². The van der Waals surface area contributed by atoms with Gasteiger partial charge in [-0.1, -0.05) is 12.2 Å². The Morgan fingerprint density at radius 1 is 1.33 bits per heavy atom. The Morgan fingerprint density at radius 3 is 2.57 bits per heavy atom. The van der Waals surface area contributed by atoms with Crippen molar-refractivity contribution < 1.29 is 9.47 Å². The van der Waals surface area contributed by atoms with Crippen LogP contribution in [0.2, 0.25) is 0 Å². The first-order valence-electron chi connectivity index (χ1n) is 7.61. The molecule has 6 heteroatoms. The largest absolute Gasteiger partial charge is 0.381 e. The standard InChI is InChI=1S/C15H27N3O2.HI/c1-3-16-14(18-13-6-4-5-7-13)17-12-15(19-2)8-10-20-11-9-15;/h4-5,13H,3,6-12H2,1-2H3,(H2,16,17,18);1H. The molecule has 0 unspecified atom stereocenters. The molecule has 1 aliphatic carbocycles. The summed E-state index contributed by atoms with van der Waals surface area (Å²) < 4.78 is 11.1. The summed E-state index contributed by atoms with van der Waals surface area (Å²) >= 11 is 0. The fourth-order valence-corrected chi connectivity index (χ4v) is 2.64. The van der Waals surface area contributed by atoms with Crippen molar-refractivity contribution in [1.82, 2.24) is 10.6 Å². The molecule has 0 atom stereocenters. The summed E-state index contributed by atoms with van der Waals surface area (Å²) in [5.41, 5.74) is -0.158. The van der Waals surface area contributed by atoms with Crippen LogP contribution in [0, 0.1) is 0 Å². The highest BCUT2D eigenvalue weighted by atomic mass is 127. The van der Waals surface area contributed by atoms with Crippen molar-refractivity contribution >= 4 is 29.9 Å². The molecule has 122 valence electrons. The van der Waals surface area contributed by atoms with Crippen molar-refractivity contribution in [2.45, 2.75) is 44.2 Å². The van der Waals surface area contributed by atoms with Gasteiger partial charge in [0, 0.05) is 45.8 Å². The highest BCUT2D eigenvalue weighted by molar-refractivity contribution is 14.0. The Morgan fingerprint density at radius 2 is 2.00 bits per heavy atom. The molecule has 0 saturated carbocycles. The Kier molecular flexibility index (Phi) is 8.58. The first kappa shape index (κ1) is 18.7. The van der Waals surface area contributed by atoms with Gasteiger partial charge in [0.2, 0.25) is 0 Å². The van der Waals surface area contributed by atoms with E-state index in [-0.39, 0.29) is 29.6 Å². The molecular weight excluding hydrogens is 381 g/mol. The van der Waals surface area contributed by atoms with E-state index >= 15 is 0 Å². The highest BCUT2D eigenvalue weighted by Crippen LogP contribution is 2.24. The molecule has 1 saturated heterocycles. The van der Waals surface area contributed by atoms with E-state index in [2.05, 4.69) is 29.7 Å². The van der Waals surface area contributed by atoms with Crippen LogP contribution in [0.5, 0.6) is 0 Å². The van der Waals surface area contributed by atoms with Crippen molar-refractivity contribution in [3.8, 4) is 0 Å². The van der Waals surface area contributed by atoms with Crippen molar-refractivity contribution in [1.29, 1.82) is 0 Å². The van der Waals surface area contributed by atoms with Gasteiger partial charge in [-0.3, -0.25) is 4.99 Å². The summed E-state index contributed by atoms with van der Waals surface area (Å²) in [5.74, 6) is 0.893. The second kappa shape index (κ2) is 9.63. The minimum absolute atomic E-state index is 0. The van der Waals surface area contributed by atoms with Crippen LogP contribution in [0.3, 0.4) is 0 Å². The zero-order valence-corrected chi connectivity index (χ0v) is 15.4. The maximum Gasteiger partial charge on any atom is 0.191 e. The van der Waals surface area contributed by atoms with Gasteiger partial charge in [0.05, 0.1) is 12.1 Å². The summed E-state index contributed by atoms with van der Waals surface area (Å²) in [6.45, 7) is 5.17. The van der Waals surface area contributed by atoms with Gasteiger partial charge in [-0.2, -0.15) is 0 Å². The molecule has 21 heavy (non-hydrogen) atoms. The number of hydrogen-bond donors (Lipinski definition) is 2. The predicted molar refractivity (Wildman–Crippen MR) is 96.5 cm³/mol. The Balaban J connectivity index is 0.00000220. The van der Waals surface area contributed by atoms with E-state index in [0.29, 0.717) is 12.6 Å². The van der Waals surface area contributed by atoms with Gasteiger partial charge in [0.1, 0.15) is 0 Å². The topological polar surface area (TPSA) is 54.9 Å². The lowest BCUT2D eigenvalue weighted by Gasteiger charge is -2.34. The molecule has 1 aliphatic heterocycles. The molecule has 0 aromatic heterocycles. The molecule has 0 amide bonds. The minimum Gasteiger partial charge on any atom is -0.381 e. The fourth-order valence-electron chi connectivity index (χ4n) is 2.64. The van der Waals surface area contributed by atoms with Crippen LogP contribution in [0.1, 0.15) is 32.6 Å². The summed E-state index contributed by atoms with van der Waals surface area (Å²) in [5, 5.41) is 6.80. The maximum absolute atomic E-state index is 5.72. The lowest BCUT2D eigenvalue weighted by molar-refractivity contribution is -0.0828. The molecule has 2 aliphatic rings. The number of methoxy groups -OCH3 is 1. The third-order valence-electron chi connectivity index (χ3n) is 4.06. The van der Waals surface area contributed by atoms with Crippen LogP contribution < -0.4 is 10.6 Å². The molecular formula is C15H28IN3O2. The molecule has 1 heterocycles. The summed E-state index contributed by atoms with van der Waals surface area (Å²) in [7, 11) is 1.78. The van der Waals surface area contributed by atoms with Gasteiger partial charge in [0.15, 0.2) is 5.96 Å². The van der Waals surface area contributed by atoms with E-state index in [1.807, 2.05) is 0 Å². The molecule has 0 aromatic rings. The Hall–Kier alpha value is -0.340. The lowest BCUT2D eigenvalue weighted by atomic mass is 9.94. The number of aliphatic imine (C=N–C) groups is 1. The van der Waals surface area contributed by atoms with Crippen LogP contribution in [-0.4, -0.2) is 51.0 Å². The van der Waals surface area contributed by atoms with Crippen molar-refractivity contribution in [2.24, 2.45) is 4.99 Å². The second-order valence-corrected chi connectivity index (χ2v) is 5.48. The molecule has 0 spiro atoms. The molecule has 0 aromatic carbocycles. The quantitative estimate of drug-likeness (QED) is 0.316. The van der Waals surface area contributed by atoms with Crippen LogP contribution in [0.15, 0.2) is 17.1 Å². The van der Waals surface area contributed by atoms with Crippen LogP contribution in [0.4, 0.5) is 0 Å². The number of hydrogen-bond acceptors (Lipinski definition) is 3. The maximum atomic E-state index is 5.72. The number of rotatable bonds is 5. The summed E-state index contributed by atoms with van der Waals surface area (Å²) in [4.78, 5) is 4.73. The van der Waals surface area contributed by atoms with Gasteiger partial charge < -0.3 is 20.1 Å².